The van der Waals surface area contributed by atoms with E-state index in [9.17, 15) is 0 Å². The highest BCUT2D eigenvalue weighted by atomic mass is 35.5. The van der Waals surface area contributed by atoms with Gasteiger partial charge in [0.15, 0.2) is 5.13 Å². The van der Waals surface area contributed by atoms with Crippen LogP contribution in [0.25, 0.3) is 21.8 Å². The predicted octanol–water partition coefficient (Wildman–Crippen LogP) is 2.83. The third-order valence-corrected chi connectivity index (χ3v) is 3.58. The highest BCUT2D eigenvalue weighted by molar-refractivity contribution is 7.19. The summed E-state index contributed by atoms with van der Waals surface area (Å²) >= 11 is 7.41. The van der Waals surface area contributed by atoms with Gasteiger partial charge in [-0.25, -0.2) is 4.98 Å². The lowest BCUT2D eigenvalue weighted by Gasteiger charge is -1.99. The van der Waals surface area contributed by atoms with Gasteiger partial charge in [0.2, 0.25) is 0 Å². The number of hydrogen-bond donors (Lipinski definition) is 2. The van der Waals surface area contributed by atoms with Crippen molar-refractivity contribution in [3.8, 4) is 21.8 Å². The van der Waals surface area contributed by atoms with Crippen molar-refractivity contribution in [2.45, 2.75) is 0 Å². The molecule has 0 radical (unpaired) electrons. The molecule has 0 aliphatic heterocycles. The van der Waals surface area contributed by atoms with Crippen molar-refractivity contribution in [3.05, 3.63) is 35.7 Å². The van der Waals surface area contributed by atoms with Crippen LogP contribution in [-0.4, -0.2) is 20.2 Å². The molecule has 90 valence electrons. The van der Waals surface area contributed by atoms with Crippen molar-refractivity contribution in [1.82, 2.24) is 20.2 Å². The Hall–Kier alpha value is -1.92. The largest absolute Gasteiger partial charge is 0.375 e. The molecule has 0 aliphatic carbocycles. The standard InChI is InChI=1S/C11H8ClN5S/c12-10-6(5-15-17-10)8-9(18-11(13)16-8)7-3-1-2-4-14-7/h1-5H,(H2,13,16)(H,15,17). The van der Waals surface area contributed by atoms with Gasteiger partial charge in [-0.05, 0) is 12.1 Å². The van der Waals surface area contributed by atoms with E-state index < -0.39 is 0 Å². The lowest BCUT2D eigenvalue weighted by atomic mass is 10.2. The summed E-state index contributed by atoms with van der Waals surface area (Å²) in [5.74, 6) is 0. The third-order valence-electron chi connectivity index (χ3n) is 2.39. The fraction of sp³-hybridized carbons (Fsp3) is 0. The summed E-state index contributed by atoms with van der Waals surface area (Å²) in [5.41, 5.74) is 8.03. The Morgan fingerprint density at radius 1 is 1.33 bits per heavy atom. The average Bonchev–Trinajstić information content (AvgIpc) is 2.96. The molecular weight excluding hydrogens is 270 g/mol. The van der Waals surface area contributed by atoms with E-state index in [1.165, 1.54) is 11.3 Å². The molecule has 0 fully saturated rings. The molecule has 3 aromatic rings. The molecule has 3 rings (SSSR count). The Morgan fingerprint density at radius 2 is 2.22 bits per heavy atom. The van der Waals surface area contributed by atoms with E-state index in [0.717, 1.165) is 16.1 Å². The van der Waals surface area contributed by atoms with Crippen LogP contribution in [0.4, 0.5) is 5.13 Å². The van der Waals surface area contributed by atoms with Gasteiger partial charge in [-0.3, -0.25) is 10.1 Å². The maximum Gasteiger partial charge on any atom is 0.181 e. The number of nitrogens with zero attached hydrogens (tertiary/aromatic N) is 3. The van der Waals surface area contributed by atoms with Gasteiger partial charge in [0.25, 0.3) is 0 Å². The van der Waals surface area contributed by atoms with Crippen LogP contribution in [0.2, 0.25) is 5.15 Å². The summed E-state index contributed by atoms with van der Waals surface area (Å²) in [4.78, 5) is 9.49. The summed E-state index contributed by atoms with van der Waals surface area (Å²) < 4.78 is 0. The first-order valence-electron chi connectivity index (χ1n) is 5.12. The topological polar surface area (TPSA) is 80.5 Å². The van der Waals surface area contributed by atoms with Gasteiger partial charge in [0, 0.05) is 6.20 Å². The van der Waals surface area contributed by atoms with Crippen LogP contribution in [0.3, 0.4) is 0 Å². The Balaban J connectivity index is 2.20. The van der Waals surface area contributed by atoms with Gasteiger partial charge in [-0.1, -0.05) is 29.0 Å². The molecule has 0 aliphatic rings. The van der Waals surface area contributed by atoms with Crippen LogP contribution in [-0.2, 0) is 0 Å². The van der Waals surface area contributed by atoms with E-state index in [1.807, 2.05) is 18.2 Å². The van der Waals surface area contributed by atoms with Gasteiger partial charge < -0.3 is 5.73 Å². The van der Waals surface area contributed by atoms with E-state index >= 15 is 0 Å². The van der Waals surface area contributed by atoms with Crippen LogP contribution in [0.15, 0.2) is 30.6 Å². The van der Waals surface area contributed by atoms with Gasteiger partial charge >= 0.3 is 0 Å². The molecule has 18 heavy (non-hydrogen) atoms. The maximum atomic E-state index is 6.03. The van der Waals surface area contributed by atoms with E-state index in [4.69, 9.17) is 17.3 Å². The van der Waals surface area contributed by atoms with Gasteiger partial charge in [-0.15, -0.1) is 0 Å². The molecule has 0 unspecified atom stereocenters. The molecule has 3 N–H and O–H groups in total. The first kappa shape index (κ1) is 11.2. The smallest absolute Gasteiger partial charge is 0.181 e. The van der Waals surface area contributed by atoms with E-state index in [-0.39, 0.29) is 0 Å². The molecule has 0 atom stereocenters. The molecular formula is C11H8ClN5S. The number of H-pyrrole nitrogens is 1. The zero-order chi connectivity index (χ0) is 12.5. The zero-order valence-electron chi connectivity index (χ0n) is 9.09. The lowest BCUT2D eigenvalue weighted by molar-refractivity contribution is 1.09. The number of nitrogens with two attached hydrogens (primary N) is 1. The van der Waals surface area contributed by atoms with E-state index in [2.05, 4.69) is 20.2 Å². The first-order valence-corrected chi connectivity index (χ1v) is 6.32. The molecule has 0 bridgehead atoms. The number of anilines is 1. The van der Waals surface area contributed by atoms with Gasteiger partial charge in [0.05, 0.1) is 28.0 Å². The van der Waals surface area contributed by atoms with Gasteiger partial charge in [0.1, 0.15) is 5.15 Å². The number of nitrogens with one attached hydrogen (secondary N) is 1. The summed E-state index contributed by atoms with van der Waals surface area (Å²) in [6.45, 7) is 0. The normalized spacial score (nSPS) is 10.7. The Kier molecular flexibility index (Phi) is 2.73. The molecule has 3 heterocycles. The molecule has 3 aromatic heterocycles. The second kappa shape index (κ2) is 4.40. The van der Waals surface area contributed by atoms with Crippen molar-refractivity contribution in [3.63, 3.8) is 0 Å². The fourth-order valence-corrected chi connectivity index (χ4v) is 2.64. The van der Waals surface area contributed by atoms with Crippen molar-refractivity contribution in [2.24, 2.45) is 0 Å². The number of thiazole rings is 1. The van der Waals surface area contributed by atoms with Crippen molar-refractivity contribution >= 4 is 28.1 Å². The Morgan fingerprint density at radius 3 is 2.89 bits per heavy atom. The van der Waals surface area contributed by atoms with Crippen LogP contribution in [0, 0.1) is 0 Å². The quantitative estimate of drug-likeness (QED) is 0.755. The monoisotopic (exact) mass is 277 g/mol. The van der Waals surface area contributed by atoms with Crippen LogP contribution < -0.4 is 5.73 Å². The number of pyridine rings is 1. The lowest BCUT2D eigenvalue weighted by Crippen LogP contribution is -1.84. The number of halogens is 1. The third kappa shape index (κ3) is 1.85. The molecule has 7 heteroatoms. The fourth-order valence-electron chi connectivity index (χ4n) is 1.63. The number of aromatic nitrogens is 4. The minimum Gasteiger partial charge on any atom is -0.375 e. The minimum atomic E-state index is 0.442. The van der Waals surface area contributed by atoms with Crippen molar-refractivity contribution < 1.29 is 0 Å². The van der Waals surface area contributed by atoms with E-state index in [1.54, 1.807) is 12.4 Å². The minimum absolute atomic E-state index is 0.442. The molecule has 0 saturated carbocycles. The zero-order valence-corrected chi connectivity index (χ0v) is 10.7. The van der Waals surface area contributed by atoms with E-state index in [0.29, 0.717) is 16.0 Å². The average molecular weight is 278 g/mol. The maximum absolute atomic E-state index is 6.03. The molecule has 0 saturated heterocycles. The Labute approximate surface area is 112 Å². The van der Waals surface area contributed by atoms with Crippen LogP contribution in [0.5, 0.6) is 0 Å². The number of nitrogen functional groups attached to an aromatic ring is 1. The summed E-state index contributed by atoms with van der Waals surface area (Å²) in [7, 11) is 0. The van der Waals surface area contributed by atoms with Crippen LogP contribution >= 0.6 is 22.9 Å². The second-order valence-electron chi connectivity index (χ2n) is 3.54. The second-order valence-corrected chi connectivity index (χ2v) is 4.95. The number of hydrogen-bond acceptors (Lipinski definition) is 5. The van der Waals surface area contributed by atoms with Crippen molar-refractivity contribution in [1.29, 1.82) is 0 Å². The number of aromatic amines is 1. The molecule has 0 aromatic carbocycles. The molecule has 5 nitrogen and oxygen atoms in total. The number of rotatable bonds is 2. The SMILES string of the molecule is Nc1nc(-c2cn[nH]c2Cl)c(-c2ccccn2)s1. The predicted molar refractivity (Wildman–Crippen MR) is 72.3 cm³/mol. The van der Waals surface area contributed by atoms with Crippen molar-refractivity contribution in [2.75, 3.05) is 5.73 Å². The molecule has 0 amide bonds. The summed E-state index contributed by atoms with van der Waals surface area (Å²) in [6.07, 6.45) is 3.36. The summed E-state index contributed by atoms with van der Waals surface area (Å²) in [5, 5.41) is 7.48. The molecule has 0 spiro atoms. The highest BCUT2D eigenvalue weighted by Gasteiger charge is 2.17. The van der Waals surface area contributed by atoms with Gasteiger partial charge in [-0.2, -0.15) is 5.10 Å². The highest BCUT2D eigenvalue weighted by Crippen LogP contribution is 2.38. The summed E-state index contributed by atoms with van der Waals surface area (Å²) in [6, 6.07) is 5.68. The van der Waals surface area contributed by atoms with Crippen LogP contribution in [0.1, 0.15) is 0 Å². The first-order chi connectivity index (χ1) is 8.75. The Bertz CT molecular complexity index is 676.